The number of nitrogens with one attached hydrogen (secondary N) is 2. The van der Waals surface area contributed by atoms with Crippen LogP contribution in [0.25, 0.3) is 11.4 Å². The Morgan fingerprint density at radius 2 is 1.71 bits per heavy atom. The summed E-state index contributed by atoms with van der Waals surface area (Å²) in [5.74, 6) is 5.25. The zero-order chi connectivity index (χ0) is 20.1. The molecule has 0 saturated heterocycles. The summed E-state index contributed by atoms with van der Waals surface area (Å²) in [6, 6.07) is 12.8. The van der Waals surface area contributed by atoms with Crippen molar-refractivity contribution in [3.63, 3.8) is 0 Å². The fourth-order valence-corrected chi connectivity index (χ4v) is 3.03. The summed E-state index contributed by atoms with van der Waals surface area (Å²) in [5, 5.41) is 13.5. The molecule has 8 nitrogen and oxygen atoms in total. The number of nitrogens with zero attached hydrogens (tertiary/aromatic N) is 3. The molecule has 3 rings (SSSR count). The first-order valence-electron chi connectivity index (χ1n) is 8.19. The molecular weight excluding hydrogens is 383 g/mol. The van der Waals surface area contributed by atoms with E-state index in [0.29, 0.717) is 11.4 Å². The minimum atomic E-state index is -0.460. The summed E-state index contributed by atoms with van der Waals surface area (Å²) in [7, 11) is 0. The molecule has 4 N–H and O–H groups in total. The van der Waals surface area contributed by atoms with E-state index in [1.165, 1.54) is 13.0 Å². The lowest BCUT2D eigenvalue weighted by molar-refractivity contribution is -0.114. The predicted octanol–water partition coefficient (Wildman–Crippen LogP) is 2.49. The standard InChI is InChI=1S/C18H17FN6O2S/c1-11(26)21-12-6-8-13(9-7-12)22-16(27)10-28-18-24-23-17(25(18)20)14-4-2-3-5-15(14)19/h2-9H,10,20H2,1H3,(H,21,26)(H,22,27). The molecule has 0 fully saturated rings. The van der Waals surface area contributed by atoms with Crippen LogP contribution in [-0.4, -0.2) is 32.4 Å². The molecule has 2 amide bonds. The number of rotatable bonds is 6. The largest absolute Gasteiger partial charge is 0.335 e. The Morgan fingerprint density at radius 1 is 1.07 bits per heavy atom. The zero-order valence-electron chi connectivity index (χ0n) is 14.8. The number of carbonyl (C=O) groups excluding carboxylic acids is 2. The highest BCUT2D eigenvalue weighted by Crippen LogP contribution is 2.23. The second-order valence-electron chi connectivity index (χ2n) is 5.75. The summed E-state index contributed by atoms with van der Waals surface area (Å²) in [6.07, 6.45) is 0. The van der Waals surface area contributed by atoms with Gasteiger partial charge < -0.3 is 16.5 Å². The molecule has 0 aliphatic rings. The van der Waals surface area contributed by atoms with Crippen molar-refractivity contribution >= 4 is 35.0 Å². The SMILES string of the molecule is CC(=O)Nc1ccc(NC(=O)CSc2nnc(-c3ccccc3F)n2N)cc1. The molecule has 144 valence electrons. The van der Waals surface area contributed by atoms with Gasteiger partial charge in [-0.2, -0.15) is 0 Å². The lowest BCUT2D eigenvalue weighted by atomic mass is 10.2. The maximum absolute atomic E-state index is 13.9. The van der Waals surface area contributed by atoms with Gasteiger partial charge >= 0.3 is 0 Å². The molecule has 0 saturated carbocycles. The number of nitrogen functional groups attached to an aromatic ring is 1. The first kappa shape index (κ1) is 19.4. The van der Waals surface area contributed by atoms with Gasteiger partial charge in [-0.05, 0) is 36.4 Å². The van der Waals surface area contributed by atoms with E-state index < -0.39 is 5.82 Å². The molecule has 0 radical (unpaired) electrons. The zero-order valence-corrected chi connectivity index (χ0v) is 15.7. The molecule has 0 unspecified atom stereocenters. The van der Waals surface area contributed by atoms with Crippen LogP contribution >= 0.6 is 11.8 Å². The number of aromatic nitrogens is 3. The summed E-state index contributed by atoms with van der Waals surface area (Å²) >= 11 is 1.08. The minimum absolute atomic E-state index is 0.0417. The van der Waals surface area contributed by atoms with Crippen LogP contribution in [0.15, 0.2) is 53.7 Å². The number of halogens is 1. The lowest BCUT2D eigenvalue weighted by Gasteiger charge is -2.07. The van der Waals surface area contributed by atoms with Gasteiger partial charge in [0.2, 0.25) is 17.0 Å². The molecule has 0 spiro atoms. The number of hydrogen-bond donors (Lipinski definition) is 3. The highest BCUT2D eigenvalue weighted by atomic mass is 32.2. The van der Waals surface area contributed by atoms with Crippen LogP contribution in [0.5, 0.6) is 0 Å². The molecule has 10 heteroatoms. The molecule has 0 aliphatic carbocycles. The first-order valence-corrected chi connectivity index (χ1v) is 9.18. The molecule has 1 heterocycles. The Bertz CT molecular complexity index is 1010. The third kappa shape index (κ3) is 4.65. The average Bonchev–Trinajstić information content (AvgIpc) is 3.02. The normalized spacial score (nSPS) is 10.5. The minimum Gasteiger partial charge on any atom is -0.335 e. The van der Waals surface area contributed by atoms with E-state index in [1.807, 2.05) is 0 Å². The van der Waals surface area contributed by atoms with Gasteiger partial charge in [0.05, 0.1) is 11.3 Å². The quantitative estimate of drug-likeness (QED) is 0.433. The highest BCUT2D eigenvalue weighted by Gasteiger charge is 2.16. The number of hydrogen-bond acceptors (Lipinski definition) is 6. The van der Waals surface area contributed by atoms with Gasteiger partial charge in [0, 0.05) is 18.3 Å². The van der Waals surface area contributed by atoms with Gasteiger partial charge in [0.1, 0.15) is 5.82 Å². The van der Waals surface area contributed by atoms with Crippen LogP contribution in [0.2, 0.25) is 0 Å². The molecule has 0 bridgehead atoms. The molecule has 2 aromatic carbocycles. The predicted molar refractivity (Wildman–Crippen MR) is 106 cm³/mol. The number of carbonyl (C=O) groups is 2. The monoisotopic (exact) mass is 400 g/mol. The van der Waals surface area contributed by atoms with Crippen molar-refractivity contribution in [3.05, 3.63) is 54.3 Å². The van der Waals surface area contributed by atoms with Crippen molar-refractivity contribution < 1.29 is 14.0 Å². The smallest absolute Gasteiger partial charge is 0.234 e. The number of benzene rings is 2. The number of anilines is 2. The molecule has 28 heavy (non-hydrogen) atoms. The van der Waals surface area contributed by atoms with Gasteiger partial charge in [-0.25, -0.2) is 9.07 Å². The van der Waals surface area contributed by atoms with Crippen LogP contribution in [0.1, 0.15) is 6.92 Å². The lowest BCUT2D eigenvalue weighted by Crippen LogP contribution is -2.16. The highest BCUT2D eigenvalue weighted by molar-refractivity contribution is 7.99. The van der Waals surface area contributed by atoms with E-state index in [4.69, 9.17) is 5.84 Å². The maximum atomic E-state index is 13.9. The Morgan fingerprint density at radius 3 is 2.36 bits per heavy atom. The maximum Gasteiger partial charge on any atom is 0.234 e. The van der Waals surface area contributed by atoms with Gasteiger partial charge in [0.15, 0.2) is 5.82 Å². The summed E-state index contributed by atoms with van der Waals surface area (Å²) < 4.78 is 15.0. The van der Waals surface area contributed by atoms with Gasteiger partial charge in [-0.15, -0.1) is 10.2 Å². The second-order valence-corrected chi connectivity index (χ2v) is 6.69. The third-order valence-corrected chi connectivity index (χ3v) is 4.54. The molecule has 3 aromatic rings. The van der Waals surface area contributed by atoms with E-state index >= 15 is 0 Å². The van der Waals surface area contributed by atoms with Crippen LogP contribution in [0.3, 0.4) is 0 Å². The van der Waals surface area contributed by atoms with E-state index in [-0.39, 0.29) is 34.1 Å². The first-order chi connectivity index (χ1) is 13.4. The fourth-order valence-electron chi connectivity index (χ4n) is 2.37. The van der Waals surface area contributed by atoms with Crippen LogP contribution in [-0.2, 0) is 9.59 Å². The van der Waals surface area contributed by atoms with Crippen LogP contribution in [0.4, 0.5) is 15.8 Å². The van der Waals surface area contributed by atoms with Crippen molar-refractivity contribution in [2.45, 2.75) is 12.1 Å². The van der Waals surface area contributed by atoms with Gasteiger partial charge in [-0.3, -0.25) is 9.59 Å². The van der Waals surface area contributed by atoms with E-state index in [9.17, 15) is 14.0 Å². The molecule has 0 aliphatic heterocycles. The van der Waals surface area contributed by atoms with Crippen molar-refractivity contribution in [1.82, 2.24) is 14.9 Å². The Hall–Kier alpha value is -3.40. The van der Waals surface area contributed by atoms with E-state index in [1.54, 1.807) is 42.5 Å². The van der Waals surface area contributed by atoms with Crippen LogP contribution < -0.4 is 16.5 Å². The van der Waals surface area contributed by atoms with Gasteiger partial charge in [0.25, 0.3) is 0 Å². The van der Waals surface area contributed by atoms with E-state index in [0.717, 1.165) is 16.4 Å². The van der Waals surface area contributed by atoms with Crippen molar-refractivity contribution in [1.29, 1.82) is 0 Å². The average molecular weight is 400 g/mol. The number of amides is 2. The number of thioether (sulfide) groups is 1. The molecule has 0 atom stereocenters. The topological polar surface area (TPSA) is 115 Å². The van der Waals surface area contributed by atoms with Crippen molar-refractivity contribution in [3.8, 4) is 11.4 Å². The van der Waals surface area contributed by atoms with E-state index in [2.05, 4.69) is 20.8 Å². The van der Waals surface area contributed by atoms with Crippen LogP contribution in [0, 0.1) is 5.82 Å². The fraction of sp³-hybridized carbons (Fsp3) is 0.111. The molecule has 1 aromatic heterocycles. The Labute approximate surface area is 164 Å². The Kier molecular flexibility index (Phi) is 5.90. The second kappa shape index (κ2) is 8.53. The van der Waals surface area contributed by atoms with Gasteiger partial charge in [-0.1, -0.05) is 23.9 Å². The Balaban J connectivity index is 1.59. The third-order valence-electron chi connectivity index (χ3n) is 3.60. The summed E-state index contributed by atoms with van der Waals surface area (Å²) in [6.45, 7) is 1.42. The van der Waals surface area contributed by atoms with Crippen molar-refractivity contribution in [2.24, 2.45) is 0 Å². The van der Waals surface area contributed by atoms with Crippen molar-refractivity contribution in [2.75, 3.05) is 22.2 Å². The summed E-state index contributed by atoms with van der Waals surface area (Å²) in [4.78, 5) is 23.1. The summed E-state index contributed by atoms with van der Waals surface area (Å²) in [5.41, 5.74) is 1.45. The number of nitrogens with two attached hydrogens (primary N) is 1. The molecular formula is C18H17FN6O2S.